The molecule has 0 spiro atoms. The fourth-order valence-corrected chi connectivity index (χ4v) is 2.16. The lowest BCUT2D eigenvalue weighted by Crippen LogP contribution is -2.36. The third-order valence-corrected chi connectivity index (χ3v) is 3.10. The van der Waals surface area contributed by atoms with Crippen LogP contribution in [0.1, 0.15) is 36.0 Å². The molecule has 3 heteroatoms. The molecule has 0 bridgehead atoms. The highest BCUT2D eigenvalue weighted by Gasteiger charge is 2.21. The van der Waals surface area contributed by atoms with Gasteiger partial charge in [-0.25, -0.2) is 0 Å². The molecule has 86 valence electrons. The van der Waals surface area contributed by atoms with Gasteiger partial charge < -0.3 is 11.1 Å². The Bertz CT molecular complexity index is 368. The quantitative estimate of drug-likeness (QED) is 0.589. The second-order valence-corrected chi connectivity index (χ2v) is 4.31. The number of carbonyl (C=O) groups is 1. The molecular weight excluding hydrogens is 200 g/mol. The van der Waals surface area contributed by atoms with Gasteiger partial charge >= 0.3 is 0 Å². The van der Waals surface area contributed by atoms with Gasteiger partial charge in [-0.1, -0.05) is 25.0 Å². The molecule has 3 N–H and O–H groups in total. The molecule has 1 heterocycles. The molecule has 1 aromatic rings. The van der Waals surface area contributed by atoms with E-state index in [0.717, 1.165) is 25.8 Å². The molecule has 1 unspecified atom stereocenters. The first-order valence-electron chi connectivity index (χ1n) is 5.91. The molecule has 0 radical (unpaired) electrons. The van der Waals surface area contributed by atoms with Crippen molar-refractivity contribution in [1.82, 2.24) is 5.32 Å². The average molecular weight is 218 g/mol. The number of para-hydroxylation sites is 1. The maximum atomic E-state index is 12.2. The summed E-state index contributed by atoms with van der Waals surface area (Å²) in [6.07, 6.45) is 4.42. The lowest BCUT2D eigenvalue weighted by atomic mass is 9.99. The van der Waals surface area contributed by atoms with Crippen LogP contribution >= 0.6 is 0 Å². The second-order valence-electron chi connectivity index (χ2n) is 4.31. The summed E-state index contributed by atoms with van der Waals surface area (Å²) in [4.78, 5) is 12.2. The number of rotatable bonds is 2. The van der Waals surface area contributed by atoms with E-state index in [1.54, 1.807) is 6.07 Å². The van der Waals surface area contributed by atoms with E-state index in [1.807, 2.05) is 18.2 Å². The average Bonchev–Trinajstić information content (AvgIpc) is 2.57. The van der Waals surface area contributed by atoms with E-state index in [2.05, 4.69) is 5.32 Å². The van der Waals surface area contributed by atoms with Crippen molar-refractivity contribution in [2.45, 2.75) is 31.7 Å². The minimum Gasteiger partial charge on any atom is -0.398 e. The van der Waals surface area contributed by atoms with E-state index >= 15 is 0 Å². The van der Waals surface area contributed by atoms with Gasteiger partial charge in [0.15, 0.2) is 5.78 Å². The molecule has 1 fully saturated rings. The molecule has 1 aromatic carbocycles. The summed E-state index contributed by atoms with van der Waals surface area (Å²) in [5, 5.41) is 3.30. The predicted molar refractivity (Wildman–Crippen MR) is 65.4 cm³/mol. The molecule has 0 saturated carbocycles. The van der Waals surface area contributed by atoms with Crippen molar-refractivity contribution < 1.29 is 4.79 Å². The summed E-state index contributed by atoms with van der Waals surface area (Å²) in [6, 6.07) is 7.26. The molecule has 0 amide bonds. The number of hydrogen-bond acceptors (Lipinski definition) is 3. The maximum Gasteiger partial charge on any atom is 0.181 e. The Kier molecular flexibility index (Phi) is 3.57. The van der Waals surface area contributed by atoms with Gasteiger partial charge in [0.1, 0.15) is 0 Å². The van der Waals surface area contributed by atoms with Crippen molar-refractivity contribution in [1.29, 1.82) is 0 Å². The second kappa shape index (κ2) is 5.12. The first kappa shape index (κ1) is 11.1. The van der Waals surface area contributed by atoms with Crippen LogP contribution in [-0.2, 0) is 0 Å². The lowest BCUT2D eigenvalue weighted by molar-refractivity contribution is 0.0941. The van der Waals surface area contributed by atoms with Crippen molar-refractivity contribution in [2.24, 2.45) is 0 Å². The summed E-state index contributed by atoms with van der Waals surface area (Å²) in [6.45, 7) is 0.934. The summed E-state index contributed by atoms with van der Waals surface area (Å²) in [5.74, 6) is 0.139. The number of carbonyl (C=O) groups excluding carboxylic acids is 1. The fourth-order valence-electron chi connectivity index (χ4n) is 2.16. The van der Waals surface area contributed by atoms with E-state index in [1.165, 1.54) is 6.42 Å². The minimum absolute atomic E-state index is 0.0489. The van der Waals surface area contributed by atoms with Gasteiger partial charge in [-0.2, -0.15) is 0 Å². The Morgan fingerprint density at radius 1 is 1.25 bits per heavy atom. The molecule has 3 nitrogen and oxygen atoms in total. The van der Waals surface area contributed by atoms with E-state index in [9.17, 15) is 4.79 Å². The normalized spacial score (nSPS) is 21.4. The lowest BCUT2D eigenvalue weighted by Gasteiger charge is -2.15. The van der Waals surface area contributed by atoms with E-state index in [0.29, 0.717) is 11.3 Å². The molecule has 16 heavy (non-hydrogen) atoms. The van der Waals surface area contributed by atoms with Gasteiger partial charge in [0.2, 0.25) is 0 Å². The summed E-state index contributed by atoms with van der Waals surface area (Å²) in [7, 11) is 0. The topological polar surface area (TPSA) is 55.1 Å². The third-order valence-electron chi connectivity index (χ3n) is 3.10. The SMILES string of the molecule is Nc1ccccc1C(=O)C1CCCCCN1. The summed E-state index contributed by atoms with van der Waals surface area (Å²) < 4.78 is 0. The largest absolute Gasteiger partial charge is 0.398 e. The van der Waals surface area contributed by atoms with Crippen molar-refractivity contribution in [2.75, 3.05) is 12.3 Å². The fraction of sp³-hybridized carbons (Fsp3) is 0.462. The Morgan fingerprint density at radius 2 is 2.06 bits per heavy atom. The molecular formula is C13H18N2O. The highest BCUT2D eigenvalue weighted by atomic mass is 16.1. The van der Waals surface area contributed by atoms with Crippen LogP contribution in [0.2, 0.25) is 0 Å². The molecule has 1 atom stereocenters. The van der Waals surface area contributed by atoms with Crippen molar-refractivity contribution in [3.8, 4) is 0 Å². The van der Waals surface area contributed by atoms with Crippen molar-refractivity contribution in [3.05, 3.63) is 29.8 Å². The Hall–Kier alpha value is -1.35. The standard InChI is InChI=1S/C13H18N2O/c14-11-7-4-3-6-10(11)13(16)12-8-2-1-5-9-15-12/h3-4,6-7,12,15H,1-2,5,8-9,14H2. The van der Waals surface area contributed by atoms with Crippen LogP contribution in [0.3, 0.4) is 0 Å². The van der Waals surface area contributed by atoms with Crippen LogP contribution in [0, 0.1) is 0 Å². The maximum absolute atomic E-state index is 12.2. The van der Waals surface area contributed by atoms with E-state index < -0.39 is 0 Å². The highest BCUT2D eigenvalue weighted by Crippen LogP contribution is 2.17. The first-order valence-corrected chi connectivity index (χ1v) is 5.91. The number of hydrogen-bond donors (Lipinski definition) is 2. The molecule has 2 rings (SSSR count). The predicted octanol–water partition coefficient (Wildman–Crippen LogP) is 1.98. The van der Waals surface area contributed by atoms with Gasteiger partial charge in [0.25, 0.3) is 0 Å². The van der Waals surface area contributed by atoms with Gasteiger partial charge in [-0.3, -0.25) is 4.79 Å². The number of nitrogen functional groups attached to an aromatic ring is 1. The summed E-state index contributed by atoms with van der Waals surface area (Å²) >= 11 is 0. The molecule has 1 aliphatic rings. The van der Waals surface area contributed by atoms with Gasteiger partial charge in [-0.05, 0) is 31.5 Å². The number of Topliss-reactive ketones (excluding diaryl/α,β-unsaturated/α-hetero) is 1. The van der Waals surface area contributed by atoms with Gasteiger partial charge in [-0.15, -0.1) is 0 Å². The molecule has 0 aliphatic carbocycles. The first-order chi connectivity index (χ1) is 7.79. The van der Waals surface area contributed by atoms with Crippen molar-refractivity contribution >= 4 is 11.5 Å². The van der Waals surface area contributed by atoms with Crippen molar-refractivity contribution in [3.63, 3.8) is 0 Å². The zero-order valence-electron chi connectivity index (χ0n) is 9.41. The number of ketones is 1. The number of nitrogens with one attached hydrogen (secondary N) is 1. The molecule has 0 aromatic heterocycles. The van der Waals surface area contributed by atoms with E-state index in [-0.39, 0.29) is 11.8 Å². The van der Waals surface area contributed by atoms with Crippen LogP contribution < -0.4 is 11.1 Å². The zero-order valence-corrected chi connectivity index (χ0v) is 9.41. The van der Waals surface area contributed by atoms with Crippen LogP contribution in [0.25, 0.3) is 0 Å². The molecule has 1 aliphatic heterocycles. The monoisotopic (exact) mass is 218 g/mol. The minimum atomic E-state index is -0.0489. The Labute approximate surface area is 96.0 Å². The van der Waals surface area contributed by atoms with Gasteiger partial charge in [0.05, 0.1) is 6.04 Å². The molecule has 1 saturated heterocycles. The van der Waals surface area contributed by atoms with Crippen LogP contribution in [0.5, 0.6) is 0 Å². The summed E-state index contributed by atoms with van der Waals surface area (Å²) in [5.41, 5.74) is 7.06. The zero-order chi connectivity index (χ0) is 11.4. The highest BCUT2D eigenvalue weighted by molar-refractivity contribution is 6.04. The third kappa shape index (κ3) is 2.42. The number of anilines is 1. The Morgan fingerprint density at radius 3 is 2.88 bits per heavy atom. The van der Waals surface area contributed by atoms with Crippen LogP contribution in [-0.4, -0.2) is 18.4 Å². The smallest absolute Gasteiger partial charge is 0.181 e. The van der Waals surface area contributed by atoms with E-state index in [4.69, 9.17) is 5.73 Å². The number of benzene rings is 1. The van der Waals surface area contributed by atoms with Gasteiger partial charge in [0, 0.05) is 11.3 Å². The van der Waals surface area contributed by atoms with Crippen LogP contribution in [0.4, 0.5) is 5.69 Å². The Balaban J connectivity index is 2.14. The van der Waals surface area contributed by atoms with Crippen LogP contribution in [0.15, 0.2) is 24.3 Å². The number of nitrogens with two attached hydrogens (primary N) is 1.